The second-order valence-electron chi connectivity index (χ2n) is 2.77. The maximum absolute atomic E-state index is 10.5. The van der Waals surface area contributed by atoms with E-state index in [0.29, 0.717) is 4.68 Å². The van der Waals surface area contributed by atoms with E-state index < -0.39 is 6.09 Å². The van der Waals surface area contributed by atoms with Crippen LogP contribution >= 0.6 is 0 Å². The van der Waals surface area contributed by atoms with E-state index in [1.165, 1.54) is 6.07 Å². The molecule has 0 spiro atoms. The van der Waals surface area contributed by atoms with E-state index in [-0.39, 0.29) is 17.8 Å². The summed E-state index contributed by atoms with van der Waals surface area (Å²) < 4.78 is 5.81. The van der Waals surface area contributed by atoms with Crippen LogP contribution in [0, 0.1) is 0 Å². The van der Waals surface area contributed by atoms with Crippen LogP contribution in [0.5, 0.6) is 5.88 Å². The van der Waals surface area contributed by atoms with Gasteiger partial charge in [-0.1, -0.05) is 0 Å². The maximum atomic E-state index is 10.5. The average Bonchev–Trinajstić information content (AvgIpc) is 2.29. The number of nitrogens with two attached hydrogens (primary N) is 1. The summed E-state index contributed by atoms with van der Waals surface area (Å²) in [5, 5.41) is 12.2. The van der Waals surface area contributed by atoms with Gasteiger partial charge in [0, 0.05) is 6.07 Å². The summed E-state index contributed by atoms with van der Waals surface area (Å²) in [6.45, 7) is 3.63. The zero-order valence-electron chi connectivity index (χ0n) is 7.39. The Morgan fingerprint density at radius 3 is 2.77 bits per heavy atom. The summed E-state index contributed by atoms with van der Waals surface area (Å²) >= 11 is 0. The van der Waals surface area contributed by atoms with Crippen LogP contribution in [0.25, 0.3) is 0 Å². The fourth-order valence-electron chi connectivity index (χ4n) is 0.825. The molecule has 0 saturated heterocycles. The highest BCUT2D eigenvalue weighted by atomic mass is 16.5. The maximum Gasteiger partial charge on any atom is 0.434 e. The number of nitrogens with zero attached hydrogens (tertiary/aromatic N) is 2. The van der Waals surface area contributed by atoms with Gasteiger partial charge in [-0.2, -0.15) is 0 Å². The van der Waals surface area contributed by atoms with Crippen molar-refractivity contribution in [2.75, 3.05) is 5.73 Å². The number of ether oxygens (including phenoxy) is 1. The molecule has 1 heterocycles. The molecule has 0 aliphatic carbocycles. The van der Waals surface area contributed by atoms with Crippen LogP contribution in [0.4, 0.5) is 10.6 Å². The molecule has 6 heteroatoms. The van der Waals surface area contributed by atoms with E-state index in [1.807, 2.05) is 13.8 Å². The van der Waals surface area contributed by atoms with E-state index >= 15 is 0 Å². The van der Waals surface area contributed by atoms with E-state index in [1.54, 1.807) is 0 Å². The van der Waals surface area contributed by atoms with Crippen molar-refractivity contribution in [2.24, 2.45) is 0 Å². The lowest BCUT2D eigenvalue weighted by molar-refractivity contribution is 0.190. The Kier molecular flexibility index (Phi) is 2.41. The molecule has 72 valence electrons. The molecule has 0 aliphatic heterocycles. The van der Waals surface area contributed by atoms with Crippen molar-refractivity contribution in [3.63, 3.8) is 0 Å². The normalized spacial score (nSPS) is 10.4. The van der Waals surface area contributed by atoms with Crippen LogP contribution < -0.4 is 10.5 Å². The van der Waals surface area contributed by atoms with E-state index in [2.05, 4.69) is 5.10 Å². The Hall–Kier alpha value is -1.72. The second kappa shape index (κ2) is 3.34. The van der Waals surface area contributed by atoms with Crippen molar-refractivity contribution in [3.8, 4) is 5.88 Å². The monoisotopic (exact) mass is 185 g/mol. The van der Waals surface area contributed by atoms with Crippen molar-refractivity contribution in [1.82, 2.24) is 9.78 Å². The minimum absolute atomic E-state index is 0.0446. The molecule has 0 aromatic carbocycles. The number of rotatable bonds is 2. The van der Waals surface area contributed by atoms with Gasteiger partial charge in [0.15, 0.2) is 0 Å². The summed E-state index contributed by atoms with van der Waals surface area (Å²) in [5.41, 5.74) is 5.36. The second-order valence-corrected chi connectivity index (χ2v) is 2.77. The number of aromatic nitrogens is 2. The van der Waals surface area contributed by atoms with Gasteiger partial charge < -0.3 is 15.6 Å². The molecule has 3 N–H and O–H groups in total. The molecule has 0 unspecified atom stereocenters. The Morgan fingerprint density at radius 1 is 1.77 bits per heavy atom. The summed E-state index contributed by atoms with van der Waals surface area (Å²) in [5.74, 6) is 0.262. The molecule has 0 fully saturated rings. The number of hydrogen-bond acceptors (Lipinski definition) is 4. The van der Waals surface area contributed by atoms with Gasteiger partial charge >= 0.3 is 6.09 Å². The van der Waals surface area contributed by atoms with Gasteiger partial charge in [-0.05, 0) is 13.8 Å². The minimum Gasteiger partial charge on any atom is -0.474 e. The van der Waals surface area contributed by atoms with E-state index in [4.69, 9.17) is 15.6 Å². The van der Waals surface area contributed by atoms with Gasteiger partial charge in [-0.15, -0.1) is 9.78 Å². The largest absolute Gasteiger partial charge is 0.474 e. The SMILES string of the molecule is CC(C)Oc1cc(N)n(C(=O)O)n1. The molecule has 0 saturated carbocycles. The van der Waals surface area contributed by atoms with Crippen molar-refractivity contribution >= 4 is 11.9 Å². The van der Waals surface area contributed by atoms with Crippen molar-refractivity contribution in [3.05, 3.63) is 6.07 Å². The highest BCUT2D eigenvalue weighted by molar-refractivity contribution is 5.71. The zero-order valence-corrected chi connectivity index (χ0v) is 7.39. The minimum atomic E-state index is -1.23. The van der Waals surface area contributed by atoms with Crippen molar-refractivity contribution < 1.29 is 14.6 Å². The zero-order chi connectivity index (χ0) is 10.0. The molecule has 0 bridgehead atoms. The molecule has 13 heavy (non-hydrogen) atoms. The molecule has 1 aromatic rings. The summed E-state index contributed by atoms with van der Waals surface area (Å²) in [4.78, 5) is 10.5. The van der Waals surface area contributed by atoms with Gasteiger partial charge in [0.25, 0.3) is 0 Å². The fourth-order valence-corrected chi connectivity index (χ4v) is 0.825. The highest BCUT2D eigenvalue weighted by Crippen LogP contribution is 2.14. The Balaban J connectivity index is 2.89. The molecule has 6 nitrogen and oxygen atoms in total. The van der Waals surface area contributed by atoms with Crippen molar-refractivity contribution in [1.29, 1.82) is 0 Å². The van der Waals surface area contributed by atoms with E-state index in [9.17, 15) is 4.79 Å². The molecule has 1 aromatic heterocycles. The summed E-state index contributed by atoms with van der Waals surface area (Å²) in [6.07, 6.45) is -1.28. The Morgan fingerprint density at radius 2 is 2.38 bits per heavy atom. The smallest absolute Gasteiger partial charge is 0.434 e. The first kappa shape index (κ1) is 9.37. The third kappa shape index (κ3) is 2.11. The summed E-state index contributed by atoms with van der Waals surface area (Å²) in [6, 6.07) is 1.37. The number of carboxylic acid groups (broad SMARTS) is 1. The number of nitrogen functional groups attached to an aromatic ring is 1. The molecular formula is C7H11N3O3. The molecule has 1 rings (SSSR count). The third-order valence-corrected chi connectivity index (χ3v) is 1.25. The fraction of sp³-hybridized carbons (Fsp3) is 0.429. The Bertz CT molecular complexity index is 319. The van der Waals surface area contributed by atoms with Crippen LogP contribution in [0.3, 0.4) is 0 Å². The van der Waals surface area contributed by atoms with Gasteiger partial charge in [0.1, 0.15) is 5.82 Å². The molecule has 0 radical (unpaired) electrons. The molecule has 0 aliphatic rings. The average molecular weight is 185 g/mol. The quantitative estimate of drug-likeness (QED) is 0.710. The van der Waals surface area contributed by atoms with Crippen molar-refractivity contribution in [2.45, 2.75) is 20.0 Å². The predicted molar refractivity (Wildman–Crippen MR) is 45.8 cm³/mol. The number of carbonyl (C=O) groups is 1. The van der Waals surface area contributed by atoms with E-state index in [0.717, 1.165) is 0 Å². The summed E-state index contributed by atoms with van der Waals surface area (Å²) in [7, 11) is 0. The van der Waals surface area contributed by atoms with Crippen LogP contribution in [0.1, 0.15) is 13.8 Å². The topological polar surface area (TPSA) is 90.4 Å². The number of anilines is 1. The number of hydrogen-bond donors (Lipinski definition) is 2. The standard InChI is InChI=1S/C7H11N3O3/c1-4(2)13-6-3-5(8)10(9-6)7(11)12/h3-4H,8H2,1-2H3,(H,11,12). The van der Waals surface area contributed by atoms with Gasteiger partial charge in [-0.25, -0.2) is 4.79 Å². The Labute approximate surface area is 74.9 Å². The van der Waals surface area contributed by atoms with Gasteiger partial charge in [-0.3, -0.25) is 0 Å². The molecule has 0 amide bonds. The van der Waals surface area contributed by atoms with Crippen LogP contribution in [0.2, 0.25) is 0 Å². The lowest BCUT2D eigenvalue weighted by Gasteiger charge is -2.03. The first-order chi connectivity index (χ1) is 6.00. The van der Waals surface area contributed by atoms with Crippen LogP contribution in [-0.2, 0) is 0 Å². The molecule has 0 atom stereocenters. The van der Waals surface area contributed by atoms with Crippen LogP contribution in [-0.4, -0.2) is 27.1 Å². The first-order valence-electron chi connectivity index (χ1n) is 3.76. The van der Waals surface area contributed by atoms with Crippen LogP contribution in [0.15, 0.2) is 6.07 Å². The van der Waals surface area contributed by atoms with Gasteiger partial charge in [0.05, 0.1) is 6.10 Å². The lowest BCUT2D eigenvalue weighted by Crippen LogP contribution is -2.13. The predicted octanol–water partition coefficient (Wildman–Crippen LogP) is 0.779. The van der Waals surface area contributed by atoms with Gasteiger partial charge in [0.2, 0.25) is 5.88 Å². The highest BCUT2D eigenvalue weighted by Gasteiger charge is 2.11. The molecular weight excluding hydrogens is 174 g/mol. The lowest BCUT2D eigenvalue weighted by atomic mass is 10.5. The third-order valence-electron chi connectivity index (χ3n) is 1.25. The first-order valence-corrected chi connectivity index (χ1v) is 3.76.